The standard InChI is InChI=1S/C62H115N2O6P/c1-6-8-10-12-14-16-18-20-22-24-26-28-30-31-32-33-34-36-38-40-42-44-46-48-50-52-54-56-62(66)63-60(59-70-71(67,68)69-58-57-64(3,4)5)61(65)55-53-51-49-47-45-43-41-39-37-35-29-27-25-23-21-19-17-15-13-11-9-7-2/h18,20,24,26,30-31,37,39,45,47,53,55,60-61,65H,6-17,19,21-23,25,27-29,32-36,38,40-44,46,48-52,54,56-59H2,1-5H3,(H-,63,66,67,68)/b20-18-,26-24-,31-30-,39-37+,47-45+,55-53+. The molecule has 3 unspecified atom stereocenters. The highest BCUT2D eigenvalue weighted by Gasteiger charge is 2.23. The Bertz CT molecular complexity index is 1380. The fraction of sp³-hybridized carbons (Fsp3) is 0.790. The molecule has 0 saturated heterocycles. The zero-order valence-electron chi connectivity index (χ0n) is 47.2. The summed E-state index contributed by atoms with van der Waals surface area (Å²) in [6.45, 7) is 4.62. The lowest BCUT2D eigenvalue weighted by atomic mass is 10.0. The number of likely N-dealkylation sites (N-methyl/N-ethyl adjacent to an activating group) is 1. The van der Waals surface area contributed by atoms with Gasteiger partial charge in [0.05, 0.1) is 39.9 Å². The van der Waals surface area contributed by atoms with Crippen molar-refractivity contribution in [3.8, 4) is 0 Å². The number of aliphatic hydroxyl groups excluding tert-OH is 1. The van der Waals surface area contributed by atoms with Crippen LogP contribution < -0.4 is 10.2 Å². The zero-order chi connectivity index (χ0) is 52.0. The molecule has 0 spiro atoms. The second-order valence-electron chi connectivity index (χ2n) is 21.3. The van der Waals surface area contributed by atoms with Crippen LogP contribution in [0.2, 0.25) is 0 Å². The molecular weight excluding hydrogens is 900 g/mol. The van der Waals surface area contributed by atoms with Crippen molar-refractivity contribution in [1.82, 2.24) is 5.32 Å². The van der Waals surface area contributed by atoms with Gasteiger partial charge in [-0.3, -0.25) is 9.36 Å². The molecular formula is C62H115N2O6P. The van der Waals surface area contributed by atoms with Gasteiger partial charge in [-0.1, -0.05) is 247 Å². The van der Waals surface area contributed by atoms with Crippen LogP contribution >= 0.6 is 7.82 Å². The summed E-state index contributed by atoms with van der Waals surface area (Å²) < 4.78 is 23.3. The van der Waals surface area contributed by atoms with E-state index in [2.05, 4.69) is 79.9 Å². The number of phosphoric ester groups is 1. The molecule has 0 aliphatic carbocycles. The van der Waals surface area contributed by atoms with Gasteiger partial charge in [-0.05, 0) is 83.5 Å². The number of phosphoric acid groups is 1. The predicted octanol–water partition coefficient (Wildman–Crippen LogP) is 17.6. The summed E-state index contributed by atoms with van der Waals surface area (Å²) in [4.78, 5) is 25.5. The normalized spacial score (nSPS) is 14.4. The van der Waals surface area contributed by atoms with Gasteiger partial charge in [-0.25, -0.2) is 0 Å². The molecule has 0 bridgehead atoms. The number of hydrogen-bond donors (Lipinski definition) is 2. The molecule has 9 heteroatoms. The van der Waals surface area contributed by atoms with Crippen LogP contribution in [0.1, 0.15) is 264 Å². The summed E-state index contributed by atoms with van der Waals surface area (Å²) in [6.07, 6.45) is 72.7. The van der Waals surface area contributed by atoms with E-state index in [1.165, 1.54) is 186 Å². The van der Waals surface area contributed by atoms with Crippen molar-refractivity contribution < 1.29 is 32.9 Å². The van der Waals surface area contributed by atoms with Gasteiger partial charge in [0.15, 0.2) is 0 Å². The van der Waals surface area contributed by atoms with Crippen molar-refractivity contribution >= 4 is 13.7 Å². The van der Waals surface area contributed by atoms with E-state index in [1.807, 2.05) is 27.2 Å². The second kappa shape index (κ2) is 52.8. The number of carbonyl (C=O) groups excluding carboxylic acids is 1. The fourth-order valence-electron chi connectivity index (χ4n) is 8.43. The topological polar surface area (TPSA) is 108 Å². The van der Waals surface area contributed by atoms with Gasteiger partial charge in [0, 0.05) is 6.42 Å². The molecule has 3 atom stereocenters. The molecule has 2 N–H and O–H groups in total. The molecule has 0 radical (unpaired) electrons. The first-order valence-electron chi connectivity index (χ1n) is 29.8. The lowest BCUT2D eigenvalue weighted by Crippen LogP contribution is -2.45. The number of nitrogens with one attached hydrogen (secondary N) is 1. The number of quaternary nitrogens is 1. The maximum absolute atomic E-state index is 13.0. The monoisotopic (exact) mass is 1010 g/mol. The number of amides is 1. The molecule has 0 aromatic heterocycles. The van der Waals surface area contributed by atoms with Crippen molar-refractivity contribution in [1.29, 1.82) is 0 Å². The van der Waals surface area contributed by atoms with Crippen molar-refractivity contribution in [3.05, 3.63) is 72.9 Å². The first-order valence-corrected chi connectivity index (χ1v) is 31.3. The quantitative estimate of drug-likeness (QED) is 0.0272. The van der Waals surface area contributed by atoms with Crippen molar-refractivity contribution in [3.63, 3.8) is 0 Å². The third kappa shape index (κ3) is 55.5. The number of nitrogens with zero attached hydrogens (tertiary/aromatic N) is 1. The van der Waals surface area contributed by atoms with Gasteiger partial charge >= 0.3 is 0 Å². The Morgan fingerprint density at radius 3 is 1.24 bits per heavy atom. The summed E-state index contributed by atoms with van der Waals surface area (Å²) in [5.74, 6) is -0.213. The minimum absolute atomic E-state index is 0.0117. The highest BCUT2D eigenvalue weighted by molar-refractivity contribution is 7.45. The Hall–Kier alpha value is -2.06. The van der Waals surface area contributed by atoms with E-state index in [-0.39, 0.29) is 12.5 Å². The Morgan fingerprint density at radius 2 is 0.831 bits per heavy atom. The first kappa shape index (κ1) is 68.9. The Labute approximate surface area is 440 Å². The van der Waals surface area contributed by atoms with Gasteiger partial charge in [0.2, 0.25) is 5.91 Å². The molecule has 1 amide bonds. The van der Waals surface area contributed by atoms with E-state index in [9.17, 15) is 19.4 Å². The lowest BCUT2D eigenvalue weighted by Gasteiger charge is -2.29. The average molecular weight is 1020 g/mol. The van der Waals surface area contributed by atoms with Crippen LogP contribution in [0.25, 0.3) is 0 Å². The number of carbonyl (C=O) groups is 1. The van der Waals surface area contributed by atoms with Crippen molar-refractivity contribution in [2.45, 2.75) is 276 Å². The van der Waals surface area contributed by atoms with Gasteiger partial charge < -0.3 is 28.8 Å². The highest BCUT2D eigenvalue weighted by Crippen LogP contribution is 2.38. The van der Waals surface area contributed by atoms with Crippen molar-refractivity contribution in [2.24, 2.45) is 0 Å². The van der Waals surface area contributed by atoms with Crippen LogP contribution in [0.15, 0.2) is 72.9 Å². The molecule has 0 saturated carbocycles. The van der Waals surface area contributed by atoms with Crippen molar-refractivity contribution in [2.75, 3.05) is 40.9 Å². The SMILES string of the molecule is CCCCCCC/C=C\C/C=C\C/C=C\CCCCCCCCCCCCCCC(=O)NC(COP(=O)([O-])OCC[N+](C)(C)C)C(O)/C=C/CC/C=C/CC/C=C/CCCCCCCCCCCCCC. The van der Waals surface area contributed by atoms with Gasteiger partial charge in [0.25, 0.3) is 7.82 Å². The smallest absolute Gasteiger partial charge is 0.268 e. The van der Waals surface area contributed by atoms with E-state index in [0.29, 0.717) is 17.4 Å². The highest BCUT2D eigenvalue weighted by atomic mass is 31.2. The molecule has 0 aliphatic heterocycles. The maximum atomic E-state index is 13.0. The second-order valence-corrected chi connectivity index (χ2v) is 22.7. The summed E-state index contributed by atoms with van der Waals surface area (Å²) in [7, 11) is 1.23. The Morgan fingerprint density at radius 1 is 0.493 bits per heavy atom. The number of rotatable bonds is 54. The molecule has 71 heavy (non-hydrogen) atoms. The third-order valence-electron chi connectivity index (χ3n) is 13.1. The fourth-order valence-corrected chi connectivity index (χ4v) is 9.15. The van der Waals surface area contributed by atoms with E-state index in [1.54, 1.807) is 6.08 Å². The number of allylic oxidation sites excluding steroid dienone is 11. The summed E-state index contributed by atoms with van der Waals surface area (Å²) >= 11 is 0. The molecule has 8 nitrogen and oxygen atoms in total. The Balaban J connectivity index is 4.26. The number of aliphatic hydroxyl groups is 1. The zero-order valence-corrected chi connectivity index (χ0v) is 48.1. The molecule has 0 aromatic carbocycles. The minimum atomic E-state index is -4.61. The molecule has 0 heterocycles. The Kier molecular flexibility index (Phi) is 51.3. The van der Waals surface area contributed by atoms with Gasteiger partial charge in [-0.2, -0.15) is 0 Å². The number of hydrogen-bond acceptors (Lipinski definition) is 6. The lowest BCUT2D eigenvalue weighted by molar-refractivity contribution is -0.870. The number of unbranched alkanes of at least 4 members (excludes halogenated alkanes) is 31. The largest absolute Gasteiger partial charge is 0.756 e. The van der Waals surface area contributed by atoms with Crippen LogP contribution in [0, 0.1) is 0 Å². The first-order chi connectivity index (χ1) is 34.5. The van der Waals surface area contributed by atoms with Crippen LogP contribution in [0.5, 0.6) is 0 Å². The minimum Gasteiger partial charge on any atom is -0.756 e. The molecule has 0 rings (SSSR count). The van der Waals surface area contributed by atoms with Crippen LogP contribution in [-0.2, 0) is 18.4 Å². The van der Waals surface area contributed by atoms with Gasteiger partial charge in [-0.15, -0.1) is 0 Å². The van der Waals surface area contributed by atoms with Crippen LogP contribution in [0.3, 0.4) is 0 Å². The van der Waals surface area contributed by atoms with E-state index < -0.39 is 26.6 Å². The molecule has 0 aromatic rings. The van der Waals surface area contributed by atoms with E-state index >= 15 is 0 Å². The van der Waals surface area contributed by atoms with Crippen LogP contribution in [-0.4, -0.2) is 68.5 Å². The van der Waals surface area contributed by atoms with E-state index in [4.69, 9.17) is 9.05 Å². The van der Waals surface area contributed by atoms with E-state index in [0.717, 1.165) is 57.8 Å². The predicted molar refractivity (Wildman–Crippen MR) is 307 cm³/mol. The molecule has 414 valence electrons. The molecule has 0 aliphatic rings. The van der Waals surface area contributed by atoms with Gasteiger partial charge in [0.1, 0.15) is 13.2 Å². The molecule has 0 fully saturated rings. The van der Waals surface area contributed by atoms with Crippen LogP contribution in [0.4, 0.5) is 0 Å². The average Bonchev–Trinajstić information content (AvgIpc) is 3.33. The summed E-state index contributed by atoms with van der Waals surface area (Å²) in [6, 6.07) is -0.915. The summed E-state index contributed by atoms with van der Waals surface area (Å²) in [5, 5.41) is 13.9. The third-order valence-corrected chi connectivity index (χ3v) is 14.1. The maximum Gasteiger partial charge on any atom is 0.268 e. The summed E-state index contributed by atoms with van der Waals surface area (Å²) in [5.41, 5.74) is 0.